The van der Waals surface area contributed by atoms with Crippen LogP contribution in [0.5, 0.6) is 0 Å². The number of carbonyl (C=O) groups excluding carboxylic acids is 1. The lowest BCUT2D eigenvalue weighted by Crippen LogP contribution is -2.17. The summed E-state index contributed by atoms with van der Waals surface area (Å²) in [6.45, 7) is 3.50. The number of rotatable bonds is 4. The highest BCUT2D eigenvalue weighted by Crippen LogP contribution is 2.23. The van der Waals surface area contributed by atoms with Crippen molar-refractivity contribution >= 4 is 33.2 Å². The van der Waals surface area contributed by atoms with Crippen molar-refractivity contribution in [2.45, 2.75) is 18.7 Å². The van der Waals surface area contributed by atoms with Gasteiger partial charge in [-0.1, -0.05) is 23.7 Å². The van der Waals surface area contributed by atoms with E-state index < -0.39 is 15.9 Å². The Hall–Kier alpha value is -2.05. The lowest BCUT2D eigenvalue weighted by atomic mass is 10.1. The van der Waals surface area contributed by atoms with Gasteiger partial charge in [0.2, 0.25) is 5.91 Å². The van der Waals surface area contributed by atoms with Crippen LogP contribution in [-0.2, 0) is 10.0 Å². The van der Waals surface area contributed by atoms with E-state index in [-0.39, 0.29) is 10.5 Å². The molecule has 5 nitrogen and oxygen atoms in total. The summed E-state index contributed by atoms with van der Waals surface area (Å²) < 4.78 is 27.2. The maximum Gasteiger partial charge on any atom is 0.261 e. The smallest absolute Gasteiger partial charge is 0.261 e. The normalized spacial score (nSPS) is 11.2. The highest BCUT2D eigenvalue weighted by atomic mass is 35.5. The summed E-state index contributed by atoms with van der Waals surface area (Å²) in [4.78, 5) is 11.3. The molecule has 2 aromatic rings. The van der Waals surface area contributed by atoms with Crippen molar-refractivity contribution in [3.63, 3.8) is 0 Å². The predicted octanol–water partition coefficient (Wildman–Crippen LogP) is 2.86. The first-order valence-corrected chi connectivity index (χ1v) is 8.26. The molecule has 0 aliphatic heterocycles. The molecule has 0 bridgehead atoms. The second kappa shape index (κ2) is 5.98. The first kappa shape index (κ1) is 16.3. The minimum Gasteiger partial charge on any atom is -0.366 e. The fourth-order valence-corrected chi connectivity index (χ4v) is 3.16. The summed E-state index contributed by atoms with van der Waals surface area (Å²) in [6.07, 6.45) is 0. The number of amides is 1. The molecule has 0 unspecified atom stereocenters. The van der Waals surface area contributed by atoms with Crippen molar-refractivity contribution in [3.05, 3.63) is 58.1 Å². The van der Waals surface area contributed by atoms with E-state index in [4.69, 9.17) is 17.3 Å². The van der Waals surface area contributed by atoms with E-state index in [9.17, 15) is 13.2 Å². The summed E-state index contributed by atoms with van der Waals surface area (Å²) in [6, 6.07) is 9.07. The van der Waals surface area contributed by atoms with Gasteiger partial charge < -0.3 is 5.73 Å². The fourth-order valence-electron chi connectivity index (χ4n) is 1.90. The van der Waals surface area contributed by atoms with E-state index in [1.54, 1.807) is 19.1 Å². The molecule has 116 valence electrons. The molecule has 3 N–H and O–H groups in total. The van der Waals surface area contributed by atoms with E-state index in [0.29, 0.717) is 16.3 Å². The van der Waals surface area contributed by atoms with E-state index in [1.165, 1.54) is 24.3 Å². The van der Waals surface area contributed by atoms with E-state index in [2.05, 4.69) is 4.72 Å². The molecule has 2 aromatic carbocycles. The number of sulfonamides is 1. The Morgan fingerprint density at radius 1 is 1.09 bits per heavy atom. The van der Waals surface area contributed by atoms with Crippen molar-refractivity contribution in [3.8, 4) is 0 Å². The molecule has 1 amide bonds. The van der Waals surface area contributed by atoms with Gasteiger partial charge >= 0.3 is 0 Å². The molecule has 22 heavy (non-hydrogen) atoms. The summed E-state index contributed by atoms with van der Waals surface area (Å²) in [7, 11) is -3.83. The number of hydrogen-bond acceptors (Lipinski definition) is 3. The third-order valence-electron chi connectivity index (χ3n) is 3.21. The zero-order valence-electron chi connectivity index (χ0n) is 12.1. The summed E-state index contributed by atoms with van der Waals surface area (Å²) in [5.74, 6) is -0.673. The number of primary amides is 1. The topological polar surface area (TPSA) is 89.3 Å². The number of carbonyl (C=O) groups is 1. The Balaban J connectivity index is 2.40. The van der Waals surface area contributed by atoms with Crippen LogP contribution in [0.25, 0.3) is 0 Å². The van der Waals surface area contributed by atoms with Gasteiger partial charge in [0.1, 0.15) is 0 Å². The molecule has 0 saturated carbocycles. The van der Waals surface area contributed by atoms with Crippen molar-refractivity contribution in [1.82, 2.24) is 0 Å². The number of nitrogens with two attached hydrogens (primary N) is 1. The van der Waals surface area contributed by atoms with Crippen LogP contribution in [-0.4, -0.2) is 14.3 Å². The Kier molecular flexibility index (Phi) is 4.44. The van der Waals surface area contributed by atoms with Gasteiger partial charge in [-0.2, -0.15) is 0 Å². The Labute approximate surface area is 134 Å². The molecule has 0 aliphatic rings. The van der Waals surface area contributed by atoms with Crippen LogP contribution in [0.4, 0.5) is 5.69 Å². The fraction of sp³-hybridized carbons (Fsp3) is 0.133. The molecular formula is C15H15ClN2O3S. The Morgan fingerprint density at radius 2 is 1.73 bits per heavy atom. The Morgan fingerprint density at radius 3 is 2.32 bits per heavy atom. The van der Waals surface area contributed by atoms with Gasteiger partial charge in [-0.3, -0.25) is 9.52 Å². The van der Waals surface area contributed by atoms with Crippen molar-refractivity contribution in [2.24, 2.45) is 5.73 Å². The van der Waals surface area contributed by atoms with Crippen LogP contribution in [0.15, 0.2) is 41.3 Å². The van der Waals surface area contributed by atoms with Crippen LogP contribution in [0, 0.1) is 13.8 Å². The predicted molar refractivity (Wildman–Crippen MR) is 86.7 cm³/mol. The number of aryl methyl sites for hydroxylation is 2. The second-order valence-electron chi connectivity index (χ2n) is 4.91. The SMILES string of the molecule is Cc1ccc(NS(=O)(=O)c2ccc(C)c(C(N)=O)c2)cc1Cl. The average molecular weight is 339 g/mol. The summed E-state index contributed by atoms with van der Waals surface area (Å²) in [5.41, 5.74) is 7.22. The molecule has 7 heteroatoms. The van der Waals surface area contributed by atoms with Crippen molar-refractivity contribution in [2.75, 3.05) is 4.72 Å². The van der Waals surface area contributed by atoms with Crippen LogP contribution < -0.4 is 10.5 Å². The van der Waals surface area contributed by atoms with Gasteiger partial charge in [0, 0.05) is 10.6 Å². The monoisotopic (exact) mass is 338 g/mol. The number of anilines is 1. The van der Waals surface area contributed by atoms with Crippen LogP contribution in [0.3, 0.4) is 0 Å². The zero-order chi connectivity index (χ0) is 16.5. The first-order chi connectivity index (χ1) is 10.2. The van der Waals surface area contributed by atoms with E-state index >= 15 is 0 Å². The highest BCUT2D eigenvalue weighted by molar-refractivity contribution is 7.92. The minimum absolute atomic E-state index is 0.0383. The largest absolute Gasteiger partial charge is 0.366 e. The van der Waals surface area contributed by atoms with Gasteiger partial charge in [-0.15, -0.1) is 0 Å². The quantitative estimate of drug-likeness (QED) is 0.898. The molecule has 0 aromatic heterocycles. The lowest BCUT2D eigenvalue weighted by Gasteiger charge is -2.11. The average Bonchev–Trinajstić information content (AvgIpc) is 2.42. The number of halogens is 1. The highest BCUT2D eigenvalue weighted by Gasteiger charge is 2.17. The summed E-state index contributed by atoms with van der Waals surface area (Å²) in [5, 5.41) is 0.460. The first-order valence-electron chi connectivity index (χ1n) is 6.40. The van der Waals surface area contributed by atoms with E-state index in [0.717, 1.165) is 5.56 Å². The lowest BCUT2D eigenvalue weighted by molar-refractivity contribution is 0.0999. The van der Waals surface area contributed by atoms with Crippen LogP contribution in [0.2, 0.25) is 5.02 Å². The summed E-state index contributed by atoms with van der Waals surface area (Å²) >= 11 is 5.98. The molecule has 0 radical (unpaired) electrons. The molecule has 0 fully saturated rings. The maximum atomic E-state index is 12.4. The number of benzene rings is 2. The van der Waals surface area contributed by atoms with Crippen molar-refractivity contribution < 1.29 is 13.2 Å². The van der Waals surface area contributed by atoms with Gasteiger partial charge in [-0.05, 0) is 49.2 Å². The molecule has 2 rings (SSSR count). The molecule has 0 saturated heterocycles. The third-order valence-corrected chi connectivity index (χ3v) is 5.00. The minimum atomic E-state index is -3.83. The van der Waals surface area contributed by atoms with Crippen LogP contribution in [0.1, 0.15) is 21.5 Å². The second-order valence-corrected chi connectivity index (χ2v) is 7.00. The maximum absolute atomic E-state index is 12.4. The number of nitrogens with one attached hydrogen (secondary N) is 1. The van der Waals surface area contributed by atoms with Gasteiger partial charge in [0.25, 0.3) is 10.0 Å². The molecule has 0 heterocycles. The van der Waals surface area contributed by atoms with Gasteiger partial charge in [0.05, 0.1) is 10.6 Å². The van der Waals surface area contributed by atoms with Crippen molar-refractivity contribution in [1.29, 1.82) is 0 Å². The molecule has 0 spiro atoms. The Bertz CT molecular complexity index is 848. The van der Waals surface area contributed by atoms with Crippen LogP contribution >= 0.6 is 11.6 Å². The standard InChI is InChI=1S/C15H15ClN2O3S/c1-9-4-6-12(8-13(9)15(17)19)22(20,21)18-11-5-3-10(2)14(16)7-11/h3-8,18H,1-2H3,(H2,17,19). The zero-order valence-corrected chi connectivity index (χ0v) is 13.6. The van der Waals surface area contributed by atoms with E-state index in [1.807, 2.05) is 6.92 Å². The van der Waals surface area contributed by atoms with Gasteiger partial charge in [0.15, 0.2) is 0 Å². The molecule has 0 aliphatic carbocycles. The molecular weight excluding hydrogens is 324 g/mol. The number of hydrogen-bond donors (Lipinski definition) is 2. The van der Waals surface area contributed by atoms with Gasteiger partial charge in [-0.25, -0.2) is 8.42 Å². The third kappa shape index (κ3) is 3.40. The molecule has 0 atom stereocenters.